The number of rotatable bonds is 3. The molecule has 1 atom stereocenters. The third kappa shape index (κ3) is 2.71. The summed E-state index contributed by atoms with van der Waals surface area (Å²) in [6, 6.07) is 3.83. The van der Waals surface area contributed by atoms with Gasteiger partial charge in [-0.05, 0) is 36.8 Å². The van der Waals surface area contributed by atoms with Crippen LogP contribution in [-0.2, 0) is 19.3 Å². The van der Waals surface area contributed by atoms with Crippen molar-refractivity contribution in [1.29, 1.82) is 0 Å². The van der Waals surface area contributed by atoms with E-state index in [1.165, 1.54) is 5.56 Å². The first-order chi connectivity index (χ1) is 9.74. The molecule has 0 aromatic carbocycles. The Morgan fingerprint density at radius 1 is 1.35 bits per heavy atom. The number of H-pyrrole nitrogens is 1. The zero-order chi connectivity index (χ0) is 13.9. The highest BCUT2D eigenvalue weighted by Gasteiger charge is 2.19. The van der Waals surface area contributed by atoms with Gasteiger partial charge in [0.15, 0.2) is 0 Å². The standard InChI is InChI=1S/C15H18N4O/c1-2-10-8-16-15(17-9-10)18-12-4-5-13-11(7-12)3-6-14(20)19-13/h3,6,8-9,12H,2,4-5,7H2,1H3,(H,19,20)(H,16,17,18). The Kier molecular flexibility index (Phi) is 3.50. The van der Waals surface area contributed by atoms with Gasteiger partial charge in [-0.2, -0.15) is 0 Å². The molecule has 1 unspecified atom stereocenters. The summed E-state index contributed by atoms with van der Waals surface area (Å²) in [5, 5.41) is 3.37. The van der Waals surface area contributed by atoms with Crippen LogP contribution >= 0.6 is 0 Å². The minimum Gasteiger partial charge on any atom is -0.351 e. The van der Waals surface area contributed by atoms with Gasteiger partial charge in [0.2, 0.25) is 11.5 Å². The second-order valence-electron chi connectivity index (χ2n) is 5.18. The third-order valence-electron chi connectivity index (χ3n) is 3.75. The molecular formula is C15H18N4O. The van der Waals surface area contributed by atoms with Gasteiger partial charge in [-0.25, -0.2) is 9.97 Å². The van der Waals surface area contributed by atoms with E-state index in [-0.39, 0.29) is 5.56 Å². The predicted octanol–water partition coefficient (Wildman–Crippen LogP) is 1.70. The number of fused-ring (bicyclic) bond motifs is 1. The average Bonchev–Trinajstić information content (AvgIpc) is 2.48. The summed E-state index contributed by atoms with van der Waals surface area (Å²) in [6.45, 7) is 2.09. The summed E-state index contributed by atoms with van der Waals surface area (Å²) in [5.74, 6) is 0.681. The molecule has 2 heterocycles. The van der Waals surface area contributed by atoms with Crippen molar-refractivity contribution >= 4 is 5.95 Å². The summed E-state index contributed by atoms with van der Waals surface area (Å²) >= 11 is 0. The van der Waals surface area contributed by atoms with Crippen molar-refractivity contribution in [3.8, 4) is 0 Å². The van der Waals surface area contributed by atoms with Crippen molar-refractivity contribution in [3.63, 3.8) is 0 Å². The molecule has 0 fully saturated rings. The Morgan fingerprint density at radius 3 is 2.90 bits per heavy atom. The van der Waals surface area contributed by atoms with Crippen molar-refractivity contribution < 1.29 is 0 Å². The molecule has 5 heteroatoms. The predicted molar refractivity (Wildman–Crippen MR) is 77.9 cm³/mol. The number of nitrogens with zero attached hydrogens (tertiary/aromatic N) is 2. The third-order valence-corrected chi connectivity index (χ3v) is 3.75. The molecule has 104 valence electrons. The van der Waals surface area contributed by atoms with E-state index in [0.29, 0.717) is 12.0 Å². The van der Waals surface area contributed by atoms with Crippen molar-refractivity contribution in [2.24, 2.45) is 0 Å². The fourth-order valence-electron chi connectivity index (χ4n) is 2.57. The van der Waals surface area contributed by atoms with Crippen molar-refractivity contribution in [3.05, 3.63) is 51.7 Å². The van der Waals surface area contributed by atoms with Crippen LogP contribution in [0.1, 0.15) is 30.2 Å². The van der Waals surface area contributed by atoms with Crippen LogP contribution in [0.25, 0.3) is 0 Å². The normalized spacial score (nSPS) is 17.6. The van der Waals surface area contributed by atoms with Crippen LogP contribution in [0.5, 0.6) is 0 Å². The molecule has 0 aliphatic heterocycles. The van der Waals surface area contributed by atoms with Crippen molar-refractivity contribution in [2.75, 3.05) is 5.32 Å². The molecule has 5 nitrogen and oxygen atoms in total. The minimum atomic E-state index is -0.0198. The number of hydrogen-bond acceptors (Lipinski definition) is 4. The Balaban J connectivity index is 1.70. The van der Waals surface area contributed by atoms with Crippen LogP contribution in [0.2, 0.25) is 0 Å². The van der Waals surface area contributed by atoms with E-state index in [4.69, 9.17) is 0 Å². The lowest BCUT2D eigenvalue weighted by Crippen LogP contribution is -2.29. The Hall–Kier alpha value is -2.17. The maximum Gasteiger partial charge on any atom is 0.248 e. The number of nitrogens with one attached hydrogen (secondary N) is 2. The first-order valence-electron chi connectivity index (χ1n) is 7.03. The van der Waals surface area contributed by atoms with Crippen LogP contribution in [0.4, 0.5) is 5.95 Å². The lowest BCUT2D eigenvalue weighted by atomic mass is 9.92. The van der Waals surface area contributed by atoms with Gasteiger partial charge in [-0.15, -0.1) is 0 Å². The fraction of sp³-hybridized carbons (Fsp3) is 0.400. The number of aryl methyl sites for hydroxylation is 2. The molecule has 0 spiro atoms. The molecule has 0 amide bonds. The number of pyridine rings is 1. The largest absolute Gasteiger partial charge is 0.351 e. The van der Waals surface area contributed by atoms with E-state index in [1.54, 1.807) is 6.07 Å². The highest BCUT2D eigenvalue weighted by molar-refractivity contribution is 5.31. The topological polar surface area (TPSA) is 70.7 Å². The molecule has 0 saturated carbocycles. The first kappa shape index (κ1) is 12.8. The molecule has 3 rings (SSSR count). The van der Waals surface area contributed by atoms with Gasteiger partial charge in [-0.3, -0.25) is 4.79 Å². The maximum atomic E-state index is 11.3. The lowest BCUT2D eigenvalue weighted by molar-refractivity contribution is 0.593. The van der Waals surface area contributed by atoms with Crippen LogP contribution < -0.4 is 10.9 Å². The number of hydrogen-bond donors (Lipinski definition) is 2. The highest BCUT2D eigenvalue weighted by atomic mass is 16.1. The second-order valence-corrected chi connectivity index (χ2v) is 5.18. The van der Waals surface area contributed by atoms with Gasteiger partial charge in [0.1, 0.15) is 0 Å². The van der Waals surface area contributed by atoms with Crippen molar-refractivity contribution in [2.45, 2.75) is 38.6 Å². The highest BCUT2D eigenvalue weighted by Crippen LogP contribution is 2.20. The zero-order valence-electron chi connectivity index (χ0n) is 11.5. The summed E-state index contributed by atoms with van der Waals surface area (Å²) in [5.41, 5.74) is 3.40. The van der Waals surface area contributed by atoms with Crippen LogP contribution in [0.3, 0.4) is 0 Å². The molecule has 0 radical (unpaired) electrons. The molecule has 0 saturated heterocycles. The van der Waals surface area contributed by atoms with Gasteiger partial charge >= 0.3 is 0 Å². The molecule has 2 aromatic rings. The van der Waals surface area contributed by atoms with Crippen LogP contribution in [-0.4, -0.2) is 21.0 Å². The van der Waals surface area contributed by atoms with Gasteiger partial charge in [0.25, 0.3) is 0 Å². The number of anilines is 1. The molecule has 20 heavy (non-hydrogen) atoms. The van der Waals surface area contributed by atoms with Gasteiger partial charge in [-0.1, -0.05) is 13.0 Å². The van der Waals surface area contributed by atoms with Gasteiger partial charge < -0.3 is 10.3 Å². The molecular weight excluding hydrogens is 252 g/mol. The Morgan fingerprint density at radius 2 is 2.15 bits per heavy atom. The van der Waals surface area contributed by atoms with Crippen LogP contribution in [0.15, 0.2) is 29.3 Å². The van der Waals surface area contributed by atoms with E-state index in [9.17, 15) is 4.79 Å². The van der Waals surface area contributed by atoms with Crippen molar-refractivity contribution in [1.82, 2.24) is 15.0 Å². The van der Waals surface area contributed by atoms with E-state index in [2.05, 4.69) is 27.2 Å². The Labute approximate surface area is 117 Å². The SMILES string of the molecule is CCc1cnc(NC2CCc3[nH]c(=O)ccc3C2)nc1. The first-order valence-corrected chi connectivity index (χ1v) is 7.03. The molecule has 2 N–H and O–H groups in total. The van der Waals surface area contributed by atoms with E-state index < -0.39 is 0 Å². The van der Waals surface area contributed by atoms with Gasteiger partial charge in [0, 0.05) is 30.2 Å². The summed E-state index contributed by atoms with van der Waals surface area (Å²) < 4.78 is 0. The van der Waals surface area contributed by atoms with E-state index >= 15 is 0 Å². The summed E-state index contributed by atoms with van der Waals surface area (Å²) in [4.78, 5) is 22.9. The Bertz CT molecular complexity index is 648. The lowest BCUT2D eigenvalue weighted by Gasteiger charge is -2.25. The average molecular weight is 270 g/mol. The smallest absolute Gasteiger partial charge is 0.248 e. The van der Waals surface area contributed by atoms with Crippen LogP contribution in [0, 0.1) is 0 Å². The molecule has 2 aromatic heterocycles. The quantitative estimate of drug-likeness (QED) is 0.890. The molecule has 0 bridgehead atoms. The maximum absolute atomic E-state index is 11.3. The van der Waals surface area contributed by atoms with E-state index in [1.807, 2.05) is 18.5 Å². The number of aromatic amines is 1. The minimum absolute atomic E-state index is 0.0198. The fourth-order valence-corrected chi connectivity index (χ4v) is 2.57. The summed E-state index contributed by atoms with van der Waals surface area (Å²) in [6.07, 6.45) is 7.44. The second kappa shape index (κ2) is 5.45. The molecule has 1 aliphatic rings. The monoisotopic (exact) mass is 270 g/mol. The molecule has 1 aliphatic carbocycles. The zero-order valence-corrected chi connectivity index (χ0v) is 11.5. The summed E-state index contributed by atoms with van der Waals surface area (Å²) in [7, 11) is 0. The number of aromatic nitrogens is 3. The van der Waals surface area contributed by atoms with Gasteiger partial charge in [0.05, 0.1) is 0 Å². The van der Waals surface area contributed by atoms with E-state index in [0.717, 1.165) is 36.9 Å².